The normalized spacial score (nSPS) is 19.8. The molecule has 2 heterocycles. The summed E-state index contributed by atoms with van der Waals surface area (Å²) < 4.78 is 0. The van der Waals surface area contributed by atoms with Gasteiger partial charge in [0.15, 0.2) is 0 Å². The van der Waals surface area contributed by atoms with Crippen molar-refractivity contribution in [1.82, 2.24) is 5.32 Å². The average molecular weight is 444 g/mol. The molecule has 3 aromatic rings. The van der Waals surface area contributed by atoms with Crippen LogP contribution in [-0.4, -0.2) is 28.5 Å². The number of amidine groups is 1. The minimum absolute atomic E-state index is 0.118. The molecular formula is C24H21N5O2S. The Kier molecular flexibility index (Phi) is 5.07. The zero-order chi connectivity index (χ0) is 22.1. The second-order valence-electron chi connectivity index (χ2n) is 7.51. The van der Waals surface area contributed by atoms with Crippen molar-refractivity contribution in [3.05, 3.63) is 90.5 Å². The molecule has 0 bridgehead atoms. The number of nitrogens with one attached hydrogen (secondary N) is 2. The largest absolute Gasteiger partial charge is 0.319 e. The standard InChI is InChI=1S/C24H21N5O2S/c1-17-12-14-20(15-13-17)29-24(26-21(30)16-32-24)28(19-10-6-3-7-11-19)22(27-29)23(31)25-18-8-4-2-5-9-18/h2-15H,16H2,1H3,(H,25,31)(H,26,30). The van der Waals surface area contributed by atoms with Crippen LogP contribution in [0.4, 0.5) is 17.1 Å². The number of rotatable bonds is 4. The molecule has 8 heteroatoms. The molecule has 0 radical (unpaired) electrons. The number of carbonyl (C=O) groups excluding carboxylic acids is 2. The van der Waals surface area contributed by atoms with E-state index in [0.717, 1.165) is 16.9 Å². The number of hydrogen-bond donors (Lipinski definition) is 2. The highest BCUT2D eigenvalue weighted by atomic mass is 32.2. The molecule has 0 saturated carbocycles. The lowest BCUT2D eigenvalue weighted by atomic mass is 10.2. The Hall–Kier alpha value is -3.78. The Balaban J connectivity index is 1.63. The van der Waals surface area contributed by atoms with E-state index in [9.17, 15) is 9.59 Å². The summed E-state index contributed by atoms with van der Waals surface area (Å²) in [6.07, 6.45) is 0. The van der Waals surface area contributed by atoms with Crippen LogP contribution in [0.3, 0.4) is 0 Å². The molecule has 0 aliphatic carbocycles. The van der Waals surface area contributed by atoms with E-state index >= 15 is 0 Å². The molecule has 1 atom stereocenters. The molecule has 160 valence electrons. The van der Waals surface area contributed by atoms with Crippen LogP contribution in [0.2, 0.25) is 0 Å². The molecule has 2 aliphatic rings. The summed E-state index contributed by atoms with van der Waals surface area (Å²) in [7, 11) is 0. The summed E-state index contributed by atoms with van der Waals surface area (Å²) in [4.78, 5) is 27.7. The van der Waals surface area contributed by atoms with E-state index < -0.39 is 5.12 Å². The Morgan fingerprint density at radius 3 is 2.25 bits per heavy atom. The second-order valence-corrected chi connectivity index (χ2v) is 8.65. The van der Waals surface area contributed by atoms with Gasteiger partial charge in [-0.3, -0.25) is 14.5 Å². The number of hydrogen-bond acceptors (Lipinski definition) is 6. The van der Waals surface area contributed by atoms with Crippen molar-refractivity contribution in [2.24, 2.45) is 5.10 Å². The molecule has 1 spiro atoms. The Morgan fingerprint density at radius 2 is 1.62 bits per heavy atom. The maximum Gasteiger partial charge on any atom is 0.293 e. The molecule has 1 unspecified atom stereocenters. The number of aryl methyl sites for hydroxylation is 1. The van der Waals surface area contributed by atoms with Gasteiger partial charge in [-0.1, -0.05) is 65.9 Å². The van der Waals surface area contributed by atoms with Crippen molar-refractivity contribution in [3.63, 3.8) is 0 Å². The van der Waals surface area contributed by atoms with Gasteiger partial charge in [0.2, 0.25) is 11.7 Å². The molecule has 2 aliphatic heterocycles. The number of nitrogens with zero attached hydrogens (tertiary/aromatic N) is 3. The fourth-order valence-electron chi connectivity index (χ4n) is 3.75. The van der Waals surface area contributed by atoms with Gasteiger partial charge in [-0.15, -0.1) is 5.10 Å². The summed E-state index contributed by atoms with van der Waals surface area (Å²) in [5, 5.41) is 11.4. The van der Waals surface area contributed by atoms with Crippen LogP contribution < -0.4 is 20.5 Å². The van der Waals surface area contributed by atoms with E-state index in [0.29, 0.717) is 5.69 Å². The third-order valence-electron chi connectivity index (χ3n) is 5.23. The lowest BCUT2D eigenvalue weighted by Crippen LogP contribution is -2.62. The maximum atomic E-state index is 13.4. The highest BCUT2D eigenvalue weighted by Crippen LogP contribution is 2.45. The number of carbonyl (C=O) groups is 2. The van der Waals surface area contributed by atoms with Gasteiger partial charge < -0.3 is 10.6 Å². The van der Waals surface area contributed by atoms with Crippen molar-refractivity contribution in [2.45, 2.75) is 12.0 Å². The number of benzene rings is 3. The van der Waals surface area contributed by atoms with Gasteiger partial charge in [0.1, 0.15) is 0 Å². The van der Waals surface area contributed by atoms with Crippen molar-refractivity contribution < 1.29 is 9.59 Å². The van der Waals surface area contributed by atoms with E-state index in [2.05, 4.69) is 10.6 Å². The summed E-state index contributed by atoms with van der Waals surface area (Å²) in [5.41, 5.74) is 3.29. The number of hydrazone groups is 1. The van der Waals surface area contributed by atoms with Crippen LogP contribution in [0.15, 0.2) is 90.0 Å². The lowest BCUT2D eigenvalue weighted by Gasteiger charge is -2.39. The summed E-state index contributed by atoms with van der Waals surface area (Å²) >= 11 is 1.39. The van der Waals surface area contributed by atoms with Crippen LogP contribution in [0.1, 0.15) is 5.56 Å². The third kappa shape index (κ3) is 3.48. The molecule has 2 amide bonds. The zero-order valence-electron chi connectivity index (χ0n) is 17.4. The average Bonchev–Trinajstić information content (AvgIpc) is 3.36. The van der Waals surface area contributed by atoms with E-state index in [1.54, 1.807) is 9.91 Å². The van der Waals surface area contributed by atoms with Crippen LogP contribution in [0, 0.1) is 6.92 Å². The van der Waals surface area contributed by atoms with Crippen molar-refractivity contribution in [1.29, 1.82) is 0 Å². The van der Waals surface area contributed by atoms with Gasteiger partial charge in [-0.2, -0.15) is 0 Å². The molecule has 1 saturated heterocycles. The minimum Gasteiger partial charge on any atom is -0.319 e. The van der Waals surface area contributed by atoms with E-state index in [1.807, 2.05) is 91.9 Å². The van der Waals surface area contributed by atoms with Gasteiger partial charge in [0.25, 0.3) is 11.0 Å². The first-order chi connectivity index (χ1) is 15.6. The smallest absolute Gasteiger partial charge is 0.293 e. The quantitative estimate of drug-likeness (QED) is 0.642. The second kappa shape index (κ2) is 8.05. The number of anilines is 3. The van der Waals surface area contributed by atoms with E-state index in [-0.39, 0.29) is 23.4 Å². The zero-order valence-corrected chi connectivity index (χ0v) is 18.2. The topological polar surface area (TPSA) is 77.0 Å². The monoisotopic (exact) mass is 443 g/mol. The predicted molar refractivity (Wildman–Crippen MR) is 128 cm³/mol. The van der Waals surface area contributed by atoms with Crippen LogP contribution in [0.5, 0.6) is 0 Å². The number of amides is 2. The Bertz CT molecular complexity index is 1180. The molecule has 7 nitrogen and oxygen atoms in total. The van der Waals surface area contributed by atoms with Gasteiger partial charge in [0.05, 0.1) is 11.4 Å². The van der Waals surface area contributed by atoms with Gasteiger partial charge in [-0.25, -0.2) is 5.01 Å². The van der Waals surface area contributed by atoms with Crippen LogP contribution in [-0.2, 0) is 9.59 Å². The van der Waals surface area contributed by atoms with Crippen molar-refractivity contribution in [3.8, 4) is 0 Å². The molecular weight excluding hydrogens is 422 g/mol. The van der Waals surface area contributed by atoms with Crippen molar-refractivity contribution >= 4 is 46.5 Å². The van der Waals surface area contributed by atoms with E-state index in [4.69, 9.17) is 5.10 Å². The fraction of sp³-hybridized carbons (Fsp3) is 0.125. The van der Waals surface area contributed by atoms with Gasteiger partial charge >= 0.3 is 0 Å². The molecule has 3 aromatic carbocycles. The first-order valence-electron chi connectivity index (χ1n) is 10.2. The summed E-state index contributed by atoms with van der Waals surface area (Å²) in [5.74, 6) is -0.0338. The maximum absolute atomic E-state index is 13.4. The SMILES string of the molecule is Cc1ccc(N2N=C(C(=O)Nc3ccccc3)N(c3ccccc3)C23NC(=O)CS3)cc1. The molecule has 5 rings (SSSR count). The number of thioether (sulfide) groups is 1. The third-order valence-corrected chi connectivity index (χ3v) is 6.50. The molecule has 0 aromatic heterocycles. The van der Waals surface area contributed by atoms with Crippen molar-refractivity contribution in [2.75, 3.05) is 21.0 Å². The molecule has 1 fully saturated rings. The van der Waals surface area contributed by atoms with Gasteiger partial charge in [0, 0.05) is 11.4 Å². The predicted octanol–water partition coefficient (Wildman–Crippen LogP) is 3.75. The lowest BCUT2D eigenvalue weighted by molar-refractivity contribution is -0.118. The Labute approximate surface area is 190 Å². The van der Waals surface area contributed by atoms with Crippen LogP contribution >= 0.6 is 11.8 Å². The highest BCUT2D eigenvalue weighted by molar-refractivity contribution is 8.02. The Morgan fingerprint density at radius 1 is 0.969 bits per heavy atom. The summed E-state index contributed by atoms with van der Waals surface area (Å²) in [6, 6.07) is 26.6. The van der Waals surface area contributed by atoms with E-state index in [1.165, 1.54) is 11.8 Å². The fourth-order valence-corrected chi connectivity index (χ4v) is 4.93. The van der Waals surface area contributed by atoms with Crippen LogP contribution in [0.25, 0.3) is 0 Å². The number of para-hydroxylation sites is 2. The summed E-state index contributed by atoms with van der Waals surface area (Å²) in [6.45, 7) is 2.01. The first kappa shape index (κ1) is 20.1. The highest BCUT2D eigenvalue weighted by Gasteiger charge is 2.57. The minimum atomic E-state index is -1.09. The first-order valence-corrected chi connectivity index (χ1v) is 11.2. The molecule has 2 N–H and O–H groups in total. The van der Waals surface area contributed by atoms with Gasteiger partial charge in [-0.05, 0) is 43.3 Å². The molecule has 32 heavy (non-hydrogen) atoms.